The lowest BCUT2D eigenvalue weighted by Gasteiger charge is -2.39. The number of anilines is 1. The summed E-state index contributed by atoms with van der Waals surface area (Å²) >= 11 is 3.46. The molecule has 3 atom stereocenters. The Bertz CT molecular complexity index is 422. The van der Waals surface area contributed by atoms with Crippen molar-refractivity contribution in [2.24, 2.45) is 0 Å². The van der Waals surface area contributed by atoms with E-state index in [-0.39, 0.29) is 6.10 Å². The quantitative estimate of drug-likeness (QED) is 0.910. The van der Waals surface area contributed by atoms with E-state index < -0.39 is 6.10 Å². The maximum absolute atomic E-state index is 9.93. The van der Waals surface area contributed by atoms with E-state index in [0.717, 1.165) is 28.9 Å². The third-order valence-electron chi connectivity index (χ3n) is 3.36. The molecule has 4 heteroatoms. The highest BCUT2D eigenvalue weighted by Crippen LogP contribution is 2.32. The van der Waals surface area contributed by atoms with Gasteiger partial charge in [-0.15, -0.1) is 0 Å². The molecular weight excluding hydrogens is 294 g/mol. The van der Waals surface area contributed by atoms with Crippen LogP contribution in [-0.2, 0) is 4.74 Å². The number of hydrogen-bond donors (Lipinski definition) is 1. The number of aliphatic hydroxyl groups excluding tert-OH is 1. The van der Waals surface area contributed by atoms with Gasteiger partial charge in [-0.05, 0) is 39.0 Å². The lowest BCUT2D eigenvalue weighted by molar-refractivity contribution is 0.0341. The molecule has 0 spiro atoms. The molecule has 0 saturated carbocycles. The van der Waals surface area contributed by atoms with Crippen molar-refractivity contribution in [3.8, 4) is 0 Å². The van der Waals surface area contributed by atoms with Crippen molar-refractivity contribution in [3.63, 3.8) is 0 Å². The second-order valence-electron chi connectivity index (χ2n) is 5.02. The lowest BCUT2D eigenvalue weighted by atomic mass is 10.0. The monoisotopic (exact) mass is 313 g/mol. The minimum absolute atomic E-state index is 0.228. The van der Waals surface area contributed by atoms with Crippen molar-refractivity contribution in [1.29, 1.82) is 0 Å². The average molecular weight is 314 g/mol. The van der Waals surface area contributed by atoms with Crippen LogP contribution in [0.5, 0.6) is 0 Å². The van der Waals surface area contributed by atoms with Crippen LogP contribution in [0.3, 0.4) is 0 Å². The van der Waals surface area contributed by atoms with Crippen molar-refractivity contribution in [2.45, 2.75) is 39.0 Å². The van der Waals surface area contributed by atoms with E-state index in [0.29, 0.717) is 6.04 Å². The van der Waals surface area contributed by atoms with Gasteiger partial charge in [-0.2, -0.15) is 0 Å². The molecule has 3 unspecified atom stereocenters. The van der Waals surface area contributed by atoms with Gasteiger partial charge in [0.25, 0.3) is 0 Å². The molecule has 0 bridgehead atoms. The average Bonchev–Trinajstić information content (AvgIpc) is 2.32. The molecule has 1 heterocycles. The highest BCUT2D eigenvalue weighted by atomic mass is 79.9. The summed E-state index contributed by atoms with van der Waals surface area (Å²) in [4.78, 5) is 2.32. The van der Waals surface area contributed by atoms with Gasteiger partial charge in [0.15, 0.2) is 0 Å². The van der Waals surface area contributed by atoms with Gasteiger partial charge in [-0.25, -0.2) is 0 Å². The second kappa shape index (κ2) is 5.59. The molecule has 1 fully saturated rings. The van der Waals surface area contributed by atoms with E-state index >= 15 is 0 Å². The summed E-state index contributed by atoms with van der Waals surface area (Å²) in [6.45, 7) is 7.64. The summed E-state index contributed by atoms with van der Waals surface area (Å²) in [6.07, 6.45) is -0.241. The molecule has 0 aliphatic carbocycles. The van der Waals surface area contributed by atoms with E-state index in [2.05, 4.69) is 40.7 Å². The third kappa shape index (κ3) is 2.87. The first-order valence-electron chi connectivity index (χ1n) is 6.34. The summed E-state index contributed by atoms with van der Waals surface area (Å²) < 4.78 is 6.65. The van der Waals surface area contributed by atoms with Crippen molar-refractivity contribution >= 4 is 21.6 Å². The first-order valence-corrected chi connectivity index (χ1v) is 7.14. The summed E-state index contributed by atoms with van der Waals surface area (Å²) in [5.74, 6) is 0. The Labute approximate surface area is 117 Å². The first kappa shape index (κ1) is 13.8. The zero-order valence-electron chi connectivity index (χ0n) is 11.1. The van der Waals surface area contributed by atoms with Gasteiger partial charge in [0.2, 0.25) is 0 Å². The van der Waals surface area contributed by atoms with Crippen molar-refractivity contribution in [2.75, 3.05) is 18.1 Å². The van der Waals surface area contributed by atoms with Crippen LogP contribution in [0.15, 0.2) is 22.7 Å². The zero-order chi connectivity index (χ0) is 13.3. The van der Waals surface area contributed by atoms with Crippen molar-refractivity contribution in [1.82, 2.24) is 0 Å². The molecule has 1 aliphatic heterocycles. The zero-order valence-corrected chi connectivity index (χ0v) is 12.6. The summed E-state index contributed by atoms with van der Waals surface area (Å²) in [5, 5.41) is 9.93. The molecule has 1 aromatic rings. The molecule has 3 nitrogen and oxygen atoms in total. The van der Waals surface area contributed by atoms with Crippen LogP contribution in [0.25, 0.3) is 0 Å². The van der Waals surface area contributed by atoms with Crippen molar-refractivity contribution in [3.05, 3.63) is 28.2 Å². The SMILES string of the molecule is CC1CN(c2ccc(Br)cc2C(C)O)C(C)CO1. The van der Waals surface area contributed by atoms with E-state index in [1.807, 2.05) is 12.1 Å². The van der Waals surface area contributed by atoms with Gasteiger partial charge < -0.3 is 14.7 Å². The molecule has 1 saturated heterocycles. The molecule has 2 rings (SSSR count). The molecular formula is C14H20BrNO2. The highest BCUT2D eigenvalue weighted by molar-refractivity contribution is 9.10. The fourth-order valence-electron chi connectivity index (χ4n) is 2.36. The summed E-state index contributed by atoms with van der Waals surface area (Å²) in [7, 11) is 0. The van der Waals surface area contributed by atoms with Gasteiger partial charge in [0.05, 0.1) is 18.8 Å². The Kier molecular flexibility index (Phi) is 4.30. The fourth-order valence-corrected chi connectivity index (χ4v) is 2.74. The van der Waals surface area contributed by atoms with Crippen LogP contribution < -0.4 is 4.90 Å². The molecule has 1 aliphatic rings. The fraction of sp³-hybridized carbons (Fsp3) is 0.571. The number of rotatable bonds is 2. The van der Waals surface area contributed by atoms with Crippen LogP contribution >= 0.6 is 15.9 Å². The minimum Gasteiger partial charge on any atom is -0.389 e. The molecule has 1 aromatic carbocycles. The number of aliphatic hydroxyl groups is 1. The maximum atomic E-state index is 9.93. The normalized spacial score (nSPS) is 26.2. The van der Waals surface area contributed by atoms with Crippen LogP contribution in [0.2, 0.25) is 0 Å². The van der Waals surface area contributed by atoms with Gasteiger partial charge in [-0.1, -0.05) is 15.9 Å². The predicted octanol–water partition coefficient (Wildman–Crippen LogP) is 3.12. The predicted molar refractivity (Wildman–Crippen MR) is 77.0 cm³/mol. The van der Waals surface area contributed by atoms with E-state index in [1.54, 1.807) is 6.92 Å². The van der Waals surface area contributed by atoms with Gasteiger partial charge in [0.1, 0.15) is 0 Å². The smallest absolute Gasteiger partial charge is 0.0782 e. The maximum Gasteiger partial charge on any atom is 0.0782 e. The van der Waals surface area contributed by atoms with Crippen LogP contribution in [0.1, 0.15) is 32.4 Å². The largest absolute Gasteiger partial charge is 0.389 e. The Balaban J connectivity index is 2.36. The standard InChI is InChI=1S/C14H20BrNO2/c1-9-8-18-10(2)7-16(9)14-5-4-12(15)6-13(14)11(3)17/h4-6,9-11,17H,7-8H2,1-3H3. The van der Waals surface area contributed by atoms with E-state index in [9.17, 15) is 5.11 Å². The number of halogens is 1. The topological polar surface area (TPSA) is 32.7 Å². The second-order valence-corrected chi connectivity index (χ2v) is 5.94. The summed E-state index contributed by atoms with van der Waals surface area (Å²) in [5.41, 5.74) is 2.07. The van der Waals surface area contributed by atoms with E-state index in [1.165, 1.54) is 0 Å². The molecule has 0 radical (unpaired) electrons. The first-order chi connectivity index (χ1) is 8.49. The van der Waals surface area contributed by atoms with Gasteiger partial charge >= 0.3 is 0 Å². The number of nitrogens with zero attached hydrogens (tertiary/aromatic N) is 1. The lowest BCUT2D eigenvalue weighted by Crippen LogP contribution is -2.47. The third-order valence-corrected chi connectivity index (χ3v) is 3.85. The molecule has 0 aromatic heterocycles. The molecule has 18 heavy (non-hydrogen) atoms. The van der Waals surface area contributed by atoms with Crippen molar-refractivity contribution < 1.29 is 9.84 Å². The Morgan fingerprint density at radius 1 is 1.44 bits per heavy atom. The van der Waals surface area contributed by atoms with Gasteiger partial charge in [-0.3, -0.25) is 0 Å². The minimum atomic E-state index is -0.470. The highest BCUT2D eigenvalue weighted by Gasteiger charge is 2.26. The van der Waals surface area contributed by atoms with Gasteiger partial charge in [0, 0.05) is 28.3 Å². The number of morpholine rings is 1. The Morgan fingerprint density at radius 2 is 2.17 bits per heavy atom. The Hall–Kier alpha value is -0.580. The summed E-state index contributed by atoms with van der Waals surface area (Å²) in [6, 6.07) is 6.42. The van der Waals surface area contributed by atoms with Crippen LogP contribution in [-0.4, -0.2) is 30.4 Å². The van der Waals surface area contributed by atoms with E-state index in [4.69, 9.17) is 4.74 Å². The Morgan fingerprint density at radius 3 is 2.83 bits per heavy atom. The van der Waals surface area contributed by atoms with Crippen LogP contribution in [0.4, 0.5) is 5.69 Å². The molecule has 1 N–H and O–H groups in total. The number of benzene rings is 1. The van der Waals surface area contributed by atoms with Crippen LogP contribution in [0, 0.1) is 0 Å². The number of hydrogen-bond acceptors (Lipinski definition) is 3. The molecule has 100 valence electrons. The number of ether oxygens (including phenoxy) is 1. The molecule has 0 amide bonds.